The molecule has 106 valence electrons. The Morgan fingerprint density at radius 1 is 1.32 bits per heavy atom. The van der Waals surface area contributed by atoms with Crippen LogP contribution in [0.4, 0.5) is 0 Å². The number of ether oxygens (including phenoxy) is 1. The largest absolute Gasteiger partial charge is 0.474 e. The zero-order chi connectivity index (χ0) is 13.8. The van der Waals surface area contributed by atoms with Crippen LogP contribution in [0.15, 0.2) is 12.3 Å². The molecule has 4 heteroatoms. The Balaban J connectivity index is 2.04. The predicted molar refractivity (Wildman–Crippen MR) is 78.6 cm³/mol. The van der Waals surface area contributed by atoms with Gasteiger partial charge in [-0.15, -0.1) is 0 Å². The fraction of sp³-hybridized carbons (Fsp3) is 0.667. The summed E-state index contributed by atoms with van der Waals surface area (Å²) in [5, 5.41) is 3.79. The first-order valence-corrected chi connectivity index (χ1v) is 7.42. The van der Waals surface area contributed by atoms with E-state index in [1.807, 2.05) is 13.1 Å². The van der Waals surface area contributed by atoms with Gasteiger partial charge in [0.05, 0.1) is 5.02 Å². The molecule has 0 bridgehead atoms. The summed E-state index contributed by atoms with van der Waals surface area (Å²) in [6.07, 6.45) is 5.51. The Morgan fingerprint density at radius 2 is 2.00 bits per heavy atom. The lowest BCUT2D eigenvalue weighted by Crippen LogP contribution is -2.28. The zero-order valence-electron chi connectivity index (χ0n) is 11.9. The molecule has 1 aromatic heterocycles. The van der Waals surface area contributed by atoms with Gasteiger partial charge in [-0.25, -0.2) is 4.98 Å². The molecule has 3 nitrogen and oxygen atoms in total. The highest BCUT2D eigenvalue weighted by atomic mass is 35.5. The molecular formula is C15H23ClN2O. The molecular weight excluding hydrogens is 260 g/mol. The van der Waals surface area contributed by atoms with Crippen LogP contribution in [0.25, 0.3) is 0 Å². The number of pyridine rings is 1. The molecule has 1 heterocycles. The topological polar surface area (TPSA) is 34.1 Å². The highest BCUT2D eigenvalue weighted by Gasteiger charge is 2.25. The van der Waals surface area contributed by atoms with Crippen molar-refractivity contribution in [1.82, 2.24) is 10.3 Å². The molecule has 0 amide bonds. The predicted octanol–water partition coefficient (Wildman–Crippen LogP) is 3.66. The summed E-state index contributed by atoms with van der Waals surface area (Å²) in [6.45, 7) is 5.33. The van der Waals surface area contributed by atoms with Gasteiger partial charge in [0, 0.05) is 18.8 Å². The van der Waals surface area contributed by atoms with Crippen LogP contribution in [-0.4, -0.2) is 18.1 Å². The molecule has 0 spiro atoms. The van der Waals surface area contributed by atoms with Crippen molar-refractivity contribution in [3.05, 3.63) is 22.8 Å². The van der Waals surface area contributed by atoms with Gasteiger partial charge in [-0.05, 0) is 43.7 Å². The van der Waals surface area contributed by atoms with Crippen molar-refractivity contribution in [1.29, 1.82) is 0 Å². The minimum Gasteiger partial charge on any atom is -0.474 e. The Bertz CT molecular complexity index is 415. The highest BCUT2D eigenvalue weighted by molar-refractivity contribution is 6.31. The molecule has 1 aromatic rings. The number of hydrogen-bond acceptors (Lipinski definition) is 3. The zero-order valence-corrected chi connectivity index (χ0v) is 12.7. The highest BCUT2D eigenvalue weighted by Crippen LogP contribution is 2.31. The van der Waals surface area contributed by atoms with Crippen LogP contribution in [0.3, 0.4) is 0 Å². The second-order valence-electron chi connectivity index (χ2n) is 5.80. The molecule has 0 aliphatic heterocycles. The molecule has 19 heavy (non-hydrogen) atoms. The SMILES string of the molecule is CNCc1cc(OC2CC(C)CC(C)C2)ncc1Cl. The Labute approximate surface area is 120 Å². The van der Waals surface area contributed by atoms with Crippen molar-refractivity contribution in [3.8, 4) is 5.88 Å². The van der Waals surface area contributed by atoms with E-state index in [9.17, 15) is 0 Å². The Hall–Kier alpha value is -0.800. The summed E-state index contributed by atoms with van der Waals surface area (Å²) >= 11 is 6.11. The van der Waals surface area contributed by atoms with E-state index in [2.05, 4.69) is 24.1 Å². The third-order valence-electron chi connectivity index (χ3n) is 3.70. The first-order chi connectivity index (χ1) is 9.08. The lowest BCUT2D eigenvalue weighted by Gasteiger charge is -2.31. The second kappa shape index (κ2) is 6.58. The summed E-state index contributed by atoms with van der Waals surface area (Å²) < 4.78 is 6.04. The van der Waals surface area contributed by atoms with Crippen molar-refractivity contribution in [2.24, 2.45) is 11.8 Å². The van der Waals surface area contributed by atoms with E-state index >= 15 is 0 Å². The van der Waals surface area contributed by atoms with E-state index in [0.29, 0.717) is 10.9 Å². The monoisotopic (exact) mass is 282 g/mol. The lowest BCUT2D eigenvalue weighted by atomic mass is 9.82. The maximum Gasteiger partial charge on any atom is 0.213 e. The first kappa shape index (κ1) is 14.6. The van der Waals surface area contributed by atoms with Crippen LogP contribution in [-0.2, 0) is 6.54 Å². The summed E-state index contributed by atoms with van der Waals surface area (Å²) in [7, 11) is 1.90. The van der Waals surface area contributed by atoms with E-state index in [-0.39, 0.29) is 6.10 Å². The van der Waals surface area contributed by atoms with Gasteiger partial charge < -0.3 is 10.1 Å². The molecule has 2 atom stereocenters. The van der Waals surface area contributed by atoms with Gasteiger partial charge in [-0.1, -0.05) is 25.4 Å². The third-order valence-corrected chi connectivity index (χ3v) is 4.04. The van der Waals surface area contributed by atoms with Gasteiger partial charge in [0.2, 0.25) is 5.88 Å². The fourth-order valence-corrected chi connectivity index (χ4v) is 3.16. The van der Waals surface area contributed by atoms with Crippen LogP contribution in [0.5, 0.6) is 5.88 Å². The van der Waals surface area contributed by atoms with Crippen molar-refractivity contribution in [2.75, 3.05) is 7.05 Å². The summed E-state index contributed by atoms with van der Waals surface area (Å²) in [5.41, 5.74) is 1.03. The number of hydrogen-bond donors (Lipinski definition) is 1. The molecule has 0 radical (unpaired) electrons. The summed E-state index contributed by atoms with van der Waals surface area (Å²) in [5.74, 6) is 2.16. The molecule has 1 fully saturated rings. The van der Waals surface area contributed by atoms with Crippen LogP contribution in [0.2, 0.25) is 5.02 Å². The molecule has 1 aliphatic rings. The number of nitrogens with one attached hydrogen (secondary N) is 1. The molecule has 2 rings (SSSR count). The molecule has 1 aliphatic carbocycles. The first-order valence-electron chi connectivity index (χ1n) is 7.04. The van der Waals surface area contributed by atoms with Crippen LogP contribution in [0, 0.1) is 11.8 Å². The van der Waals surface area contributed by atoms with Gasteiger partial charge >= 0.3 is 0 Å². The van der Waals surface area contributed by atoms with E-state index in [1.54, 1.807) is 6.20 Å². The minimum absolute atomic E-state index is 0.287. The van der Waals surface area contributed by atoms with Crippen LogP contribution >= 0.6 is 11.6 Å². The number of nitrogens with zero attached hydrogens (tertiary/aromatic N) is 1. The average Bonchev–Trinajstić information content (AvgIpc) is 2.32. The Morgan fingerprint density at radius 3 is 2.63 bits per heavy atom. The van der Waals surface area contributed by atoms with E-state index < -0.39 is 0 Å². The maximum absolute atomic E-state index is 6.11. The normalized spacial score (nSPS) is 27.3. The van der Waals surface area contributed by atoms with Gasteiger partial charge in [-0.2, -0.15) is 0 Å². The van der Waals surface area contributed by atoms with Gasteiger partial charge in [0.15, 0.2) is 0 Å². The summed E-state index contributed by atoms with van der Waals surface area (Å²) in [4.78, 5) is 4.28. The van der Waals surface area contributed by atoms with Crippen molar-refractivity contribution in [2.45, 2.75) is 45.8 Å². The number of rotatable bonds is 4. The second-order valence-corrected chi connectivity index (χ2v) is 6.21. The molecule has 1 N–H and O–H groups in total. The van der Waals surface area contributed by atoms with Gasteiger partial charge in [-0.3, -0.25) is 0 Å². The lowest BCUT2D eigenvalue weighted by molar-refractivity contribution is 0.0966. The smallest absolute Gasteiger partial charge is 0.213 e. The van der Waals surface area contributed by atoms with Crippen molar-refractivity contribution < 1.29 is 4.74 Å². The van der Waals surface area contributed by atoms with E-state index in [0.717, 1.165) is 36.8 Å². The van der Waals surface area contributed by atoms with Gasteiger partial charge in [0.1, 0.15) is 6.10 Å². The van der Waals surface area contributed by atoms with Gasteiger partial charge in [0.25, 0.3) is 0 Å². The Kier molecular flexibility index (Phi) is 5.06. The average molecular weight is 283 g/mol. The fourth-order valence-electron chi connectivity index (χ4n) is 2.99. The molecule has 1 saturated carbocycles. The third kappa shape index (κ3) is 4.08. The standard InChI is InChI=1S/C15H23ClN2O/c1-10-4-11(2)6-13(5-10)19-15-7-12(8-17-3)14(16)9-18-15/h7,9-11,13,17H,4-6,8H2,1-3H3. The molecule has 0 saturated heterocycles. The number of aromatic nitrogens is 1. The van der Waals surface area contributed by atoms with E-state index in [1.165, 1.54) is 6.42 Å². The molecule has 2 unspecified atom stereocenters. The van der Waals surface area contributed by atoms with Crippen LogP contribution in [0.1, 0.15) is 38.7 Å². The van der Waals surface area contributed by atoms with E-state index in [4.69, 9.17) is 16.3 Å². The van der Waals surface area contributed by atoms with Crippen molar-refractivity contribution in [3.63, 3.8) is 0 Å². The molecule has 0 aromatic carbocycles. The number of halogens is 1. The van der Waals surface area contributed by atoms with Crippen LogP contribution < -0.4 is 10.1 Å². The maximum atomic E-state index is 6.11. The minimum atomic E-state index is 0.287. The quantitative estimate of drug-likeness (QED) is 0.915. The van der Waals surface area contributed by atoms with Crippen molar-refractivity contribution >= 4 is 11.6 Å². The summed E-state index contributed by atoms with van der Waals surface area (Å²) in [6, 6.07) is 1.95.